The Bertz CT molecular complexity index is 125. The van der Waals surface area contributed by atoms with Gasteiger partial charge in [-0.25, -0.2) is 5.11 Å². The lowest BCUT2D eigenvalue weighted by Crippen LogP contribution is -2.42. The van der Waals surface area contributed by atoms with Gasteiger partial charge in [-0.3, -0.25) is 0 Å². The summed E-state index contributed by atoms with van der Waals surface area (Å²) in [6.45, 7) is 0. The molecule has 0 N–H and O–H groups in total. The van der Waals surface area contributed by atoms with E-state index in [0.717, 1.165) is 0 Å². The van der Waals surface area contributed by atoms with Gasteiger partial charge in [-0.05, 0) is 45.2 Å². The second-order valence-corrected chi connectivity index (χ2v) is 23.0. The van der Waals surface area contributed by atoms with Gasteiger partial charge in [0.05, 0.1) is 0 Å². The summed E-state index contributed by atoms with van der Waals surface area (Å²) in [4.78, 5) is 0. The second kappa shape index (κ2) is 5.61. The van der Waals surface area contributed by atoms with Crippen LogP contribution in [0, 0.1) is 0 Å². The van der Waals surface area contributed by atoms with E-state index in [1.807, 2.05) is 45.2 Å². The van der Waals surface area contributed by atoms with Crippen molar-refractivity contribution in [3.8, 4) is 0 Å². The fourth-order valence-corrected chi connectivity index (χ4v) is 5.21. The zero-order chi connectivity index (χ0) is 9.50. The van der Waals surface area contributed by atoms with E-state index in [4.69, 9.17) is 0 Å². The van der Waals surface area contributed by atoms with Gasteiger partial charge in [0.1, 0.15) is 0 Å². The molecule has 0 heterocycles. The first-order valence-electron chi connectivity index (χ1n) is 2.03. The minimum Gasteiger partial charge on any atom is -0.204 e. The highest BCUT2D eigenvalue weighted by atomic mass is 127. The minimum atomic E-state index is -0.979. The molecule has 0 unspecified atom stereocenters. The van der Waals surface area contributed by atoms with Crippen LogP contribution in [0.4, 0.5) is 0 Å². The van der Waals surface area contributed by atoms with Crippen LogP contribution in [0.2, 0.25) is 0 Å². The smallest absolute Gasteiger partial charge is 0.204 e. The fraction of sp³-hybridized carbons (Fsp3) is 1.00. The van der Waals surface area contributed by atoms with E-state index in [1.54, 1.807) is 0 Å². The Morgan fingerprint density at radius 3 is 1.00 bits per heavy atom. The molecule has 8 heteroatoms. The van der Waals surface area contributed by atoms with Crippen molar-refractivity contribution in [1.82, 2.24) is 0 Å². The van der Waals surface area contributed by atoms with Crippen LogP contribution >= 0.6 is 158 Å². The highest BCUT2D eigenvalue weighted by molar-refractivity contribution is 14.3. The molecule has 0 bridgehead atoms. The van der Waals surface area contributed by atoms with E-state index < -0.39 is 1.61 Å². The van der Waals surface area contributed by atoms with Gasteiger partial charge in [-0.1, -0.05) is 113 Å². The molecule has 0 amide bonds. The molecule has 1 nitrogen and oxygen atoms in total. The predicted octanol–water partition coefficient (Wildman–Crippen LogP) is 5.47. The quantitative estimate of drug-likeness (QED) is 0.259. The Labute approximate surface area is 161 Å². The van der Waals surface area contributed by atoms with Gasteiger partial charge >= 0.3 is 0 Å². The lowest BCUT2D eigenvalue weighted by molar-refractivity contribution is 0.166. The summed E-state index contributed by atoms with van der Waals surface area (Å²) in [6, 6.07) is 0. The van der Waals surface area contributed by atoms with Crippen molar-refractivity contribution in [1.29, 1.82) is 0 Å². The van der Waals surface area contributed by atoms with Crippen LogP contribution in [-0.2, 0) is 5.11 Å². The lowest BCUT2D eigenvalue weighted by Gasteiger charge is -2.35. The molecule has 11 heavy (non-hydrogen) atoms. The van der Waals surface area contributed by atoms with E-state index in [2.05, 4.69) is 113 Å². The number of hydrogen-bond donors (Lipinski definition) is 0. The molecule has 0 aliphatic carbocycles. The molecule has 0 aliphatic rings. The average molecular weight is 940 g/mol. The standard InChI is InChI=1S/C3I7O/c4-1(5,2(6,7)8)3(9,10)11. The molecule has 0 saturated heterocycles. The van der Waals surface area contributed by atoms with E-state index in [9.17, 15) is 5.11 Å². The molecule has 0 saturated carbocycles. The fourth-order valence-electron chi connectivity index (χ4n) is 0.165. The summed E-state index contributed by atoms with van der Waals surface area (Å²) in [7, 11) is 0. The SMILES string of the molecule is [O]C(I)(I)C(I)(I)C(I)(I)I. The molecule has 0 spiro atoms. The summed E-state index contributed by atoms with van der Waals surface area (Å²) in [5, 5.41) is 11.7. The van der Waals surface area contributed by atoms with Crippen molar-refractivity contribution in [3.63, 3.8) is 0 Å². The van der Waals surface area contributed by atoms with Gasteiger partial charge in [-0.15, -0.1) is 0 Å². The Kier molecular flexibility index (Phi) is 8.19. The molecule has 0 aliphatic heterocycles. The first-order chi connectivity index (χ1) is 4.50. The summed E-state index contributed by atoms with van der Waals surface area (Å²) < 4.78 is -1.35. The second-order valence-electron chi connectivity index (χ2n) is 1.59. The first-order valence-corrected chi connectivity index (χ1v) is 9.58. The first kappa shape index (κ1) is 16.1. The van der Waals surface area contributed by atoms with Crippen molar-refractivity contribution < 1.29 is 5.11 Å². The Morgan fingerprint density at radius 1 is 0.727 bits per heavy atom. The largest absolute Gasteiger partial charge is 0.229 e. The third-order valence-electron chi connectivity index (χ3n) is 0.722. The molecule has 67 valence electrons. The summed E-state index contributed by atoms with van der Waals surface area (Å²) in [6.07, 6.45) is 0. The number of alkyl halides is 7. The zero-order valence-electron chi connectivity index (χ0n) is 4.55. The van der Waals surface area contributed by atoms with Gasteiger partial charge < -0.3 is 0 Å². The maximum Gasteiger partial charge on any atom is 0.229 e. The molecular formula is C3I7O. The topological polar surface area (TPSA) is 19.9 Å². The van der Waals surface area contributed by atoms with Gasteiger partial charge in [0.15, 0.2) is 0.864 Å². The van der Waals surface area contributed by atoms with Crippen LogP contribution < -0.4 is 0 Å². The van der Waals surface area contributed by atoms with Gasteiger partial charge in [0.2, 0.25) is 1.61 Å². The maximum atomic E-state index is 11.7. The average Bonchev–Trinajstić information content (AvgIpc) is 1.58. The van der Waals surface area contributed by atoms with Gasteiger partial charge in [-0.2, -0.15) is 0 Å². The third kappa shape index (κ3) is 4.84. The van der Waals surface area contributed by atoms with Crippen LogP contribution in [-0.4, -0.2) is 2.48 Å². The Hall–Kier alpha value is 5.07. The zero-order valence-corrected chi connectivity index (χ0v) is 19.7. The number of halogens is 7. The van der Waals surface area contributed by atoms with E-state index in [-0.39, 0.29) is 0.864 Å². The number of rotatable bonds is 2. The predicted molar refractivity (Wildman–Crippen MR) is 107 cm³/mol. The Morgan fingerprint density at radius 2 is 1.00 bits per heavy atom. The van der Waals surface area contributed by atoms with Crippen LogP contribution in [0.3, 0.4) is 0 Å². The van der Waals surface area contributed by atoms with Crippen molar-refractivity contribution >= 4 is 158 Å². The molecule has 0 aromatic rings. The molecule has 0 atom stereocenters. The molecule has 0 fully saturated rings. The molecular weight excluding hydrogens is 940 g/mol. The van der Waals surface area contributed by atoms with E-state index in [0.29, 0.717) is 0 Å². The normalized spacial score (nSPS) is 15.3. The van der Waals surface area contributed by atoms with Gasteiger partial charge in [0.25, 0.3) is 0 Å². The molecule has 0 rings (SSSR count). The minimum absolute atomic E-state index is 0.0640. The highest BCUT2D eigenvalue weighted by Gasteiger charge is 2.56. The lowest BCUT2D eigenvalue weighted by atomic mass is 10.5. The van der Waals surface area contributed by atoms with Crippen molar-refractivity contribution in [2.75, 3.05) is 0 Å². The van der Waals surface area contributed by atoms with E-state index >= 15 is 0 Å². The molecule has 1 radical (unpaired) electrons. The van der Waals surface area contributed by atoms with Crippen LogP contribution in [0.25, 0.3) is 0 Å². The van der Waals surface area contributed by atoms with Crippen LogP contribution in [0.1, 0.15) is 0 Å². The maximum absolute atomic E-state index is 11.7. The van der Waals surface area contributed by atoms with Crippen molar-refractivity contribution in [2.45, 2.75) is 2.48 Å². The summed E-state index contributed by atoms with van der Waals surface area (Å²) in [5.41, 5.74) is 0. The summed E-state index contributed by atoms with van der Waals surface area (Å²) >= 11 is 15.2. The molecule has 0 aromatic carbocycles. The Balaban J connectivity index is 4.75. The van der Waals surface area contributed by atoms with Crippen molar-refractivity contribution in [2.24, 2.45) is 0 Å². The van der Waals surface area contributed by atoms with Gasteiger partial charge in [0, 0.05) is 0 Å². The summed E-state index contributed by atoms with van der Waals surface area (Å²) in [5.74, 6) is 0. The number of hydrogen-bond acceptors (Lipinski definition) is 0. The van der Waals surface area contributed by atoms with Crippen LogP contribution in [0.5, 0.6) is 0 Å². The van der Waals surface area contributed by atoms with Crippen molar-refractivity contribution in [3.05, 3.63) is 0 Å². The monoisotopic (exact) mass is 940 g/mol. The van der Waals surface area contributed by atoms with E-state index in [1.165, 1.54) is 0 Å². The van der Waals surface area contributed by atoms with Crippen LogP contribution in [0.15, 0.2) is 0 Å². The third-order valence-corrected chi connectivity index (χ3v) is 18.2. The highest BCUT2D eigenvalue weighted by Crippen LogP contribution is 2.63. The molecule has 0 aromatic heterocycles.